The quantitative estimate of drug-likeness (QED) is 0.772. The molecule has 0 spiro atoms. The maximum Gasteiger partial charge on any atom is 0.407 e. The van der Waals surface area contributed by atoms with Crippen LogP contribution < -0.4 is 10.1 Å². The van der Waals surface area contributed by atoms with E-state index in [0.717, 1.165) is 57.4 Å². The average molecular weight is 445 g/mol. The summed E-state index contributed by atoms with van der Waals surface area (Å²) < 4.78 is 12.6. The lowest BCUT2D eigenvalue weighted by Gasteiger charge is -2.30. The summed E-state index contributed by atoms with van der Waals surface area (Å²) in [6.45, 7) is 7.04. The van der Waals surface area contributed by atoms with Crippen molar-refractivity contribution in [1.82, 2.24) is 29.8 Å². The van der Waals surface area contributed by atoms with E-state index in [1.165, 1.54) is 7.11 Å². The van der Waals surface area contributed by atoms with Crippen LogP contribution in [0.15, 0.2) is 6.20 Å². The van der Waals surface area contributed by atoms with Gasteiger partial charge in [-0.25, -0.2) is 4.79 Å². The predicted molar refractivity (Wildman–Crippen MR) is 117 cm³/mol. The van der Waals surface area contributed by atoms with E-state index in [-0.39, 0.29) is 23.7 Å². The van der Waals surface area contributed by atoms with Gasteiger partial charge in [-0.05, 0) is 52.9 Å². The molecular formula is C22H32N6O4. The molecule has 3 heterocycles. The minimum atomic E-state index is -0.537. The van der Waals surface area contributed by atoms with Crippen LogP contribution in [0.5, 0.6) is 5.88 Å². The number of fused-ring (bicyclic) bond motifs is 1. The Kier molecular flexibility index (Phi) is 6.21. The number of nitrogens with one attached hydrogen (secondary N) is 1. The molecule has 10 nitrogen and oxygen atoms in total. The molecule has 2 fully saturated rings. The van der Waals surface area contributed by atoms with Crippen LogP contribution in [0, 0.1) is 0 Å². The van der Waals surface area contributed by atoms with Crippen molar-refractivity contribution in [3.8, 4) is 5.88 Å². The molecule has 1 unspecified atom stereocenters. The average Bonchev–Trinajstić information content (AvgIpc) is 3.41. The molecule has 1 N–H and O–H groups in total. The number of alkyl carbamates (subject to hydrolysis) is 1. The molecule has 0 radical (unpaired) electrons. The Labute approximate surface area is 187 Å². The van der Waals surface area contributed by atoms with Crippen molar-refractivity contribution < 1.29 is 19.1 Å². The molecule has 2 atom stereocenters. The SMILES string of the molecule is COc1nc2nnc([C@H]3CCCC(NC(=O)OC(C)(C)C)C3)n2cc1C(=O)N1CCCC1. The second-order valence-corrected chi connectivity index (χ2v) is 9.60. The van der Waals surface area contributed by atoms with E-state index in [4.69, 9.17) is 9.47 Å². The molecule has 2 aliphatic rings. The van der Waals surface area contributed by atoms with Crippen LogP contribution >= 0.6 is 0 Å². The number of amides is 2. The van der Waals surface area contributed by atoms with E-state index in [0.29, 0.717) is 11.3 Å². The zero-order valence-corrected chi connectivity index (χ0v) is 19.3. The van der Waals surface area contributed by atoms with Gasteiger partial charge >= 0.3 is 6.09 Å². The number of hydrogen-bond donors (Lipinski definition) is 1. The lowest BCUT2D eigenvalue weighted by atomic mass is 9.85. The summed E-state index contributed by atoms with van der Waals surface area (Å²) in [5.41, 5.74) is -0.119. The third-order valence-corrected chi connectivity index (χ3v) is 5.97. The van der Waals surface area contributed by atoms with Gasteiger partial charge in [-0.15, -0.1) is 10.2 Å². The smallest absolute Gasteiger partial charge is 0.407 e. The van der Waals surface area contributed by atoms with Crippen LogP contribution in [0.3, 0.4) is 0 Å². The minimum absolute atomic E-state index is 0.00661. The number of hydrogen-bond acceptors (Lipinski definition) is 7. The second kappa shape index (κ2) is 8.91. The van der Waals surface area contributed by atoms with Crippen LogP contribution in [0.25, 0.3) is 5.78 Å². The summed E-state index contributed by atoms with van der Waals surface area (Å²) in [4.78, 5) is 31.5. The summed E-state index contributed by atoms with van der Waals surface area (Å²) in [6.07, 6.45) is 6.85. The maximum atomic E-state index is 13.1. The monoisotopic (exact) mass is 444 g/mol. The largest absolute Gasteiger partial charge is 0.480 e. The Bertz CT molecular complexity index is 992. The Hall–Kier alpha value is -2.91. The lowest BCUT2D eigenvalue weighted by molar-refractivity contribution is 0.0489. The molecule has 10 heteroatoms. The number of carbonyl (C=O) groups is 2. The van der Waals surface area contributed by atoms with Crippen LogP contribution in [0.4, 0.5) is 4.79 Å². The summed E-state index contributed by atoms with van der Waals surface area (Å²) in [7, 11) is 1.50. The number of ether oxygens (including phenoxy) is 2. The molecule has 4 rings (SSSR count). The van der Waals surface area contributed by atoms with Gasteiger partial charge in [-0.3, -0.25) is 9.20 Å². The number of aromatic nitrogens is 4. The van der Waals surface area contributed by atoms with Gasteiger partial charge in [-0.2, -0.15) is 4.98 Å². The number of rotatable bonds is 4. The first-order valence-electron chi connectivity index (χ1n) is 11.3. The normalized spacial score (nSPS) is 21.6. The molecule has 1 aliphatic heterocycles. The summed E-state index contributed by atoms with van der Waals surface area (Å²) in [5, 5.41) is 11.6. The molecule has 1 aliphatic carbocycles. The molecule has 174 valence electrons. The van der Waals surface area contributed by atoms with Crippen molar-refractivity contribution in [2.24, 2.45) is 0 Å². The Morgan fingerprint density at radius 1 is 1.12 bits per heavy atom. The molecule has 2 aromatic rings. The predicted octanol–water partition coefficient (Wildman–Crippen LogP) is 2.92. The highest BCUT2D eigenvalue weighted by Gasteiger charge is 2.31. The third-order valence-electron chi connectivity index (χ3n) is 5.97. The maximum absolute atomic E-state index is 13.1. The number of likely N-dealkylation sites (tertiary alicyclic amines) is 1. The first kappa shape index (κ1) is 22.3. The lowest BCUT2D eigenvalue weighted by Crippen LogP contribution is -2.41. The van der Waals surface area contributed by atoms with Crippen molar-refractivity contribution >= 4 is 17.8 Å². The standard InChI is InChI=1S/C22H32N6O4/c1-22(2,3)32-21(30)23-15-9-7-8-14(12-15)17-25-26-20-24-18(31-4)16(13-28(17)20)19(29)27-10-5-6-11-27/h13-15H,5-12H2,1-4H3,(H,23,30)/t14-,15?/m0/s1. The molecule has 2 amide bonds. The molecule has 1 saturated carbocycles. The van der Waals surface area contributed by atoms with Gasteiger partial charge in [0.05, 0.1) is 7.11 Å². The van der Waals surface area contributed by atoms with Crippen molar-refractivity contribution in [2.75, 3.05) is 20.2 Å². The third kappa shape index (κ3) is 4.78. The zero-order valence-electron chi connectivity index (χ0n) is 19.3. The zero-order chi connectivity index (χ0) is 22.9. The topological polar surface area (TPSA) is 111 Å². The molecule has 1 saturated heterocycles. The van der Waals surface area contributed by atoms with Gasteiger partial charge < -0.3 is 19.7 Å². The first-order chi connectivity index (χ1) is 15.2. The van der Waals surface area contributed by atoms with Crippen molar-refractivity contribution in [3.05, 3.63) is 17.6 Å². The van der Waals surface area contributed by atoms with Crippen LogP contribution in [0.2, 0.25) is 0 Å². The number of carbonyl (C=O) groups excluding carboxylic acids is 2. The van der Waals surface area contributed by atoms with E-state index in [1.54, 1.807) is 10.6 Å². The fourth-order valence-electron chi connectivity index (χ4n) is 4.53. The Balaban J connectivity index is 1.56. The summed E-state index contributed by atoms with van der Waals surface area (Å²) >= 11 is 0. The van der Waals surface area contributed by atoms with Crippen LogP contribution in [-0.4, -0.2) is 68.3 Å². The van der Waals surface area contributed by atoms with E-state index in [2.05, 4.69) is 20.5 Å². The van der Waals surface area contributed by atoms with E-state index >= 15 is 0 Å². The highest BCUT2D eigenvalue weighted by Crippen LogP contribution is 2.33. The molecule has 32 heavy (non-hydrogen) atoms. The van der Waals surface area contributed by atoms with Crippen molar-refractivity contribution in [3.63, 3.8) is 0 Å². The molecule has 2 aromatic heterocycles. The van der Waals surface area contributed by atoms with Gasteiger partial charge in [0.1, 0.15) is 17.0 Å². The van der Waals surface area contributed by atoms with Gasteiger partial charge in [0.25, 0.3) is 11.7 Å². The summed E-state index contributed by atoms with van der Waals surface area (Å²) in [6, 6.07) is -0.00661. The highest BCUT2D eigenvalue weighted by molar-refractivity contribution is 5.96. The van der Waals surface area contributed by atoms with Crippen molar-refractivity contribution in [1.29, 1.82) is 0 Å². The van der Waals surface area contributed by atoms with Gasteiger partial charge in [0.15, 0.2) is 0 Å². The van der Waals surface area contributed by atoms with Crippen LogP contribution in [-0.2, 0) is 4.74 Å². The fourth-order valence-corrected chi connectivity index (χ4v) is 4.53. The first-order valence-corrected chi connectivity index (χ1v) is 11.3. The molecule has 0 bridgehead atoms. The summed E-state index contributed by atoms with van der Waals surface area (Å²) in [5.74, 6) is 1.42. The fraction of sp³-hybridized carbons (Fsp3) is 0.682. The second-order valence-electron chi connectivity index (χ2n) is 9.60. The number of nitrogens with zero attached hydrogens (tertiary/aromatic N) is 5. The van der Waals surface area contributed by atoms with Crippen molar-refractivity contribution in [2.45, 2.75) is 76.9 Å². The number of methoxy groups -OCH3 is 1. The van der Waals surface area contributed by atoms with E-state index < -0.39 is 11.7 Å². The Morgan fingerprint density at radius 2 is 1.88 bits per heavy atom. The molecule has 0 aromatic carbocycles. The van der Waals surface area contributed by atoms with Gasteiger partial charge in [0, 0.05) is 31.2 Å². The van der Waals surface area contributed by atoms with E-state index in [1.807, 2.05) is 25.7 Å². The van der Waals surface area contributed by atoms with Gasteiger partial charge in [-0.1, -0.05) is 6.42 Å². The minimum Gasteiger partial charge on any atom is -0.480 e. The van der Waals surface area contributed by atoms with E-state index in [9.17, 15) is 9.59 Å². The Morgan fingerprint density at radius 3 is 2.56 bits per heavy atom. The van der Waals surface area contributed by atoms with Crippen LogP contribution in [0.1, 0.15) is 81.4 Å². The highest BCUT2D eigenvalue weighted by atomic mass is 16.6. The molecular weight excluding hydrogens is 412 g/mol. The van der Waals surface area contributed by atoms with Gasteiger partial charge in [0.2, 0.25) is 5.88 Å².